The Morgan fingerprint density at radius 1 is 1.75 bits per heavy atom. The van der Waals surface area contributed by atoms with E-state index in [4.69, 9.17) is 5.11 Å². The van der Waals surface area contributed by atoms with E-state index in [-0.39, 0.29) is 10.4 Å². The average molecular weight is 281 g/mol. The van der Waals surface area contributed by atoms with Gasteiger partial charge in [0.05, 0.1) is 25.3 Å². The first-order chi connectivity index (χ1) is 5.72. The van der Waals surface area contributed by atoms with Crippen LogP contribution in [0.3, 0.4) is 0 Å². The number of nitrogens with zero attached hydrogens (tertiary/aromatic N) is 3. The summed E-state index contributed by atoms with van der Waals surface area (Å²) in [6.45, 7) is 0.448. The molecule has 0 spiro atoms. The number of halogens is 1. The zero-order valence-electron chi connectivity index (χ0n) is 6.27. The topological polar surface area (TPSA) is 68.0 Å². The highest BCUT2D eigenvalue weighted by Gasteiger charge is 2.03. The Hall–Kier alpha value is -0.500. The van der Waals surface area contributed by atoms with Crippen LogP contribution >= 0.6 is 22.6 Å². The molecule has 0 saturated heterocycles. The van der Waals surface area contributed by atoms with Gasteiger partial charge in [-0.1, -0.05) is 5.21 Å². The standard InChI is InChI=1S/C6H8IN3O2/c7-6(12)3-5-4-10(1-2-11)9-8-5/h4,11H,1-3H2. The van der Waals surface area contributed by atoms with Crippen molar-refractivity contribution >= 4 is 26.4 Å². The van der Waals surface area contributed by atoms with E-state index in [1.807, 2.05) is 0 Å². The predicted octanol–water partition coefficient (Wildman–Crippen LogP) is -0.225. The summed E-state index contributed by atoms with van der Waals surface area (Å²) in [5, 5.41) is 16.0. The van der Waals surface area contributed by atoms with Crippen molar-refractivity contribution in [2.45, 2.75) is 13.0 Å². The molecule has 12 heavy (non-hydrogen) atoms. The maximum absolute atomic E-state index is 10.6. The highest BCUT2D eigenvalue weighted by Crippen LogP contribution is 1.98. The second-order valence-corrected chi connectivity index (χ2v) is 3.43. The minimum atomic E-state index is 0.0288. The van der Waals surface area contributed by atoms with Crippen molar-refractivity contribution in [3.05, 3.63) is 11.9 Å². The van der Waals surface area contributed by atoms with Crippen LogP contribution in [0.2, 0.25) is 0 Å². The molecule has 66 valence electrons. The lowest BCUT2D eigenvalue weighted by molar-refractivity contribution is -0.108. The predicted molar refractivity (Wildman–Crippen MR) is 49.8 cm³/mol. The number of rotatable bonds is 4. The van der Waals surface area contributed by atoms with Crippen LogP contribution in [0.1, 0.15) is 5.69 Å². The molecular formula is C6H8IN3O2. The van der Waals surface area contributed by atoms with Gasteiger partial charge in [0.2, 0.25) is 0 Å². The Labute approximate surface area is 82.9 Å². The molecule has 1 rings (SSSR count). The van der Waals surface area contributed by atoms with Crippen LogP contribution in [-0.4, -0.2) is 30.5 Å². The summed E-state index contributed by atoms with van der Waals surface area (Å²) < 4.78 is 1.54. The van der Waals surface area contributed by atoms with Crippen molar-refractivity contribution in [2.24, 2.45) is 0 Å². The van der Waals surface area contributed by atoms with Crippen molar-refractivity contribution in [3.63, 3.8) is 0 Å². The highest BCUT2D eigenvalue weighted by atomic mass is 127. The fourth-order valence-corrected chi connectivity index (χ4v) is 1.16. The zero-order valence-corrected chi connectivity index (χ0v) is 8.43. The summed E-state index contributed by atoms with van der Waals surface area (Å²) in [6.07, 6.45) is 1.96. The minimum Gasteiger partial charge on any atom is -0.394 e. The lowest BCUT2D eigenvalue weighted by Gasteiger charge is -1.91. The molecule has 0 aliphatic heterocycles. The van der Waals surface area contributed by atoms with Crippen LogP contribution in [0.4, 0.5) is 0 Å². The monoisotopic (exact) mass is 281 g/mol. The molecule has 0 aliphatic rings. The van der Waals surface area contributed by atoms with E-state index in [1.54, 1.807) is 28.8 Å². The van der Waals surface area contributed by atoms with Crippen molar-refractivity contribution < 1.29 is 9.90 Å². The maximum Gasteiger partial charge on any atom is 0.198 e. The van der Waals surface area contributed by atoms with Gasteiger partial charge in [-0.05, 0) is 22.6 Å². The number of carbonyl (C=O) groups excluding carboxylic acids is 1. The van der Waals surface area contributed by atoms with E-state index in [0.717, 1.165) is 0 Å². The van der Waals surface area contributed by atoms with Gasteiger partial charge < -0.3 is 5.11 Å². The number of aliphatic hydroxyl groups excluding tert-OH is 1. The van der Waals surface area contributed by atoms with Gasteiger partial charge >= 0.3 is 0 Å². The fraction of sp³-hybridized carbons (Fsp3) is 0.500. The summed E-state index contributed by atoms with van der Waals surface area (Å²) in [7, 11) is 0. The van der Waals surface area contributed by atoms with E-state index in [2.05, 4.69) is 10.3 Å². The molecule has 1 aromatic rings. The van der Waals surface area contributed by atoms with Gasteiger partial charge in [-0.2, -0.15) is 0 Å². The number of aromatic nitrogens is 3. The lowest BCUT2D eigenvalue weighted by Crippen LogP contribution is -2.02. The Kier molecular flexibility index (Phi) is 3.60. The van der Waals surface area contributed by atoms with E-state index in [9.17, 15) is 4.79 Å². The van der Waals surface area contributed by atoms with Crippen LogP contribution in [-0.2, 0) is 17.8 Å². The van der Waals surface area contributed by atoms with Crippen molar-refractivity contribution in [1.82, 2.24) is 15.0 Å². The molecule has 0 bridgehead atoms. The van der Waals surface area contributed by atoms with Gasteiger partial charge in [0.25, 0.3) is 0 Å². The molecule has 0 aromatic carbocycles. The molecule has 0 atom stereocenters. The van der Waals surface area contributed by atoms with E-state index < -0.39 is 0 Å². The molecule has 0 unspecified atom stereocenters. The van der Waals surface area contributed by atoms with E-state index in [1.165, 1.54) is 4.68 Å². The summed E-state index contributed by atoms with van der Waals surface area (Å²) in [5.74, 6) is 0. The first kappa shape index (κ1) is 9.59. The molecule has 1 heterocycles. The third-order valence-corrected chi connectivity index (χ3v) is 1.62. The first-order valence-corrected chi connectivity index (χ1v) is 4.48. The van der Waals surface area contributed by atoms with Crippen LogP contribution in [0.5, 0.6) is 0 Å². The molecule has 0 fully saturated rings. The van der Waals surface area contributed by atoms with Crippen LogP contribution in [0, 0.1) is 0 Å². The minimum absolute atomic E-state index is 0.0288. The third-order valence-electron chi connectivity index (χ3n) is 1.24. The van der Waals surface area contributed by atoms with Crippen molar-refractivity contribution in [1.29, 1.82) is 0 Å². The Bertz CT molecular complexity index is 274. The quantitative estimate of drug-likeness (QED) is 0.611. The molecule has 1 N–H and O–H groups in total. The Balaban J connectivity index is 2.58. The van der Waals surface area contributed by atoms with Crippen LogP contribution < -0.4 is 0 Å². The summed E-state index contributed by atoms with van der Waals surface area (Å²) in [6, 6.07) is 0. The summed E-state index contributed by atoms with van der Waals surface area (Å²) in [5.41, 5.74) is 0.642. The largest absolute Gasteiger partial charge is 0.394 e. The maximum atomic E-state index is 10.6. The third kappa shape index (κ3) is 2.86. The Morgan fingerprint density at radius 2 is 2.50 bits per heavy atom. The molecule has 0 aliphatic carbocycles. The zero-order chi connectivity index (χ0) is 8.97. The molecule has 0 amide bonds. The molecular weight excluding hydrogens is 273 g/mol. The lowest BCUT2D eigenvalue weighted by atomic mass is 10.4. The second kappa shape index (κ2) is 4.51. The fourth-order valence-electron chi connectivity index (χ4n) is 0.774. The van der Waals surface area contributed by atoms with Gasteiger partial charge in [0, 0.05) is 6.20 Å². The molecule has 6 heteroatoms. The average Bonchev–Trinajstić information content (AvgIpc) is 2.36. The van der Waals surface area contributed by atoms with Crippen molar-refractivity contribution in [2.75, 3.05) is 6.61 Å². The first-order valence-electron chi connectivity index (χ1n) is 3.40. The number of carbonyl (C=O) groups is 1. The van der Waals surface area contributed by atoms with Gasteiger partial charge in [-0.25, -0.2) is 4.68 Å². The smallest absolute Gasteiger partial charge is 0.198 e. The van der Waals surface area contributed by atoms with Crippen LogP contribution in [0.15, 0.2) is 6.20 Å². The van der Waals surface area contributed by atoms with Crippen molar-refractivity contribution in [3.8, 4) is 0 Å². The Morgan fingerprint density at radius 3 is 3.08 bits per heavy atom. The molecule has 0 saturated carbocycles. The van der Waals surface area contributed by atoms with E-state index in [0.29, 0.717) is 18.7 Å². The van der Waals surface area contributed by atoms with Crippen LogP contribution in [0.25, 0.3) is 0 Å². The summed E-state index contributed by atoms with van der Waals surface area (Å²) in [4.78, 5) is 10.6. The van der Waals surface area contributed by atoms with E-state index >= 15 is 0 Å². The molecule has 0 radical (unpaired) electrons. The van der Waals surface area contributed by atoms with Gasteiger partial charge in [-0.3, -0.25) is 4.79 Å². The van der Waals surface area contributed by atoms with Gasteiger partial charge in [0.1, 0.15) is 0 Å². The summed E-state index contributed by atoms with van der Waals surface area (Å²) >= 11 is 1.71. The molecule has 1 aromatic heterocycles. The van der Waals surface area contributed by atoms with Gasteiger partial charge in [-0.15, -0.1) is 5.10 Å². The SMILES string of the molecule is O=C(I)Cc1cn(CCO)nn1. The number of aliphatic hydroxyl groups is 1. The second-order valence-electron chi connectivity index (χ2n) is 2.23. The molecule has 5 nitrogen and oxygen atoms in total. The van der Waals surface area contributed by atoms with Gasteiger partial charge in [0.15, 0.2) is 3.79 Å². The normalized spacial score (nSPS) is 10.2. The number of hydrogen-bond acceptors (Lipinski definition) is 4. The number of hydrogen-bond donors (Lipinski definition) is 1. The highest BCUT2D eigenvalue weighted by molar-refractivity contribution is 14.1.